The lowest BCUT2D eigenvalue weighted by Crippen LogP contribution is -2.35. The number of carbonyl (C=O) groups is 1. The Morgan fingerprint density at radius 2 is 2.22 bits per heavy atom. The van der Waals surface area contributed by atoms with E-state index in [-0.39, 0.29) is 30.0 Å². The highest BCUT2D eigenvalue weighted by Gasteiger charge is 2.16. The van der Waals surface area contributed by atoms with E-state index in [0.29, 0.717) is 5.56 Å². The summed E-state index contributed by atoms with van der Waals surface area (Å²) in [5, 5.41) is 16.2. The Morgan fingerprint density at radius 3 is 2.78 bits per heavy atom. The van der Waals surface area contributed by atoms with Crippen molar-refractivity contribution in [2.75, 3.05) is 11.9 Å². The van der Waals surface area contributed by atoms with Crippen LogP contribution in [0.4, 0.5) is 11.5 Å². The molecule has 0 saturated heterocycles. The van der Waals surface area contributed by atoms with Crippen molar-refractivity contribution in [3.63, 3.8) is 0 Å². The van der Waals surface area contributed by atoms with Crippen LogP contribution in [0.1, 0.15) is 19.4 Å². The van der Waals surface area contributed by atoms with Gasteiger partial charge in [0.25, 0.3) is 0 Å². The van der Waals surface area contributed by atoms with E-state index in [1.54, 1.807) is 6.92 Å². The molecule has 18 heavy (non-hydrogen) atoms. The first-order chi connectivity index (χ1) is 8.40. The molecular formula is C11H16N4O3. The minimum atomic E-state index is -0.525. The molecular weight excluding hydrogens is 236 g/mol. The highest BCUT2D eigenvalue weighted by molar-refractivity contribution is 5.81. The fraction of sp³-hybridized carbons (Fsp3) is 0.455. The zero-order valence-electron chi connectivity index (χ0n) is 10.6. The number of hydrogen-bond acceptors (Lipinski definition) is 5. The predicted octanol–water partition coefficient (Wildman–Crippen LogP) is 1.23. The lowest BCUT2D eigenvalue weighted by Gasteiger charge is -2.09. The number of aromatic nitrogens is 1. The number of pyridine rings is 1. The molecule has 0 aliphatic rings. The second kappa shape index (κ2) is 5.95. The van der Waals surface area contributed by atoms with Crippen LogP contribution in [-0.4, -0.2) is 28.4 Å². The molecule has 0 saturated carbocycles. The van der Waals surface area contributed by atoms with E-state index in [1.807, 2.05) is 13.8 Å². The summed E-state index contributed by atoms with van der Waals surface area (Å²) in [6, 6.07) is 1.44. The SMILES string of the molecule is Cc1cnc(NCC(=O)NC(C)C)c([N+](=O)[O-])c1. The van der Waals surface area contributed by atoms with E-state index in [1.165, 1.54) is 12.3 Å². The second-order valence-corrected chi connectivity index (χ2v) is 4.21. The predicted molar refractivity (Wildman–Crippen MR) is 67.4 cm³/mol. The Morgan fingerprint density at radius 1 is 1.56 bits per heavy atom. The lowest BCUT2D eigenvalue weighted by atomic mass is 10.3. The Balaban J connectivity index is 2.73. The molecule has 1 aromatic heterocycles. The molecule has 0 aromatic carbocycles. The molecule has 0 radical (unpaired) electrons. The molecule has 0 aliphatic heterocycles. The van der Waals surface area contributed by atoms with Crippen LogP contribution in [0.15, 0.2) is 12.3 Å². The molecule has 1 rings (SSSR count). The van der Waals surface area contributed by atoms with Gasteiger partial charge in [0.05, 0.1) is 11.5 Å². The van der Waals surface area contributed by atoms with Gasteiger partial charge in [-0.3, -0.25) is 14.9 Å². The zero-order chi connectivity index (χ0) is 13.7. The third-order valence-corrected chi connectivity index (χ3v) is 2.07. The van der Waals surface area contributed by atoms with Gasteiger partial charge >= 0.3 is 5.69 Å². The van der Waals surface area contributed by atoms with E-state index < -0.39 is 4.92 Å². The fourth-order valence-corrected chi connectivity index (χ4v) is 1.37. The van der Waals surface area contributed by atoms with E-state index in [2.05, 4.69) is 15.6 Å². The zero-order valence-corrected chi connectivity index (χ0v) is 10.6. The summed E-state index contributed by atoms with van der Waals surface area (Å²) in [7, 11) is 0. The summed E-state index contributed by atoms with van der Waals surface area (Å²) in [6.45, 7) is 5.35. The summed E-state index contributed by atoms with van der Waals surface area (Å²) in [4.78, 5) is 25.6. The number of carbonyl (C=O) groups excluding carboxylic acids is 1. The van der Waals surface area contributed by atoms with Crippen molar-refractivity contribution in [2.45, 2.75) is 26.8 Å². The van der Waals surface area contributed by atoms with Crippen LogP contribution in [0, 0.1) is 17.0 Å². The van der Waals surface area contributed by atoms with Crippen LogP contribution in [0.2, 0.25) is 0 Å². The molecule has 1 aromatic rings. The van der Waals surface area contributed by atoms with Crippen LogP contribution in [-0.2, 0) is 4.79 Å². The topological polar surface area (TPSA) is 97.2 Å². The number of nitrogens with zero attached hydrogens (tertiary/aromatic N) is 2. The Labute approximate surface area is 105 Å². The van der Waals surface area contributed by atoms with Gasteiger partial charge in [0.2, 0.25) is 11.7 Å². The third-order valence-electron chi connectivity index (χ3n) is 2.07. The summed E-state index contributed by atoms with van der Waals surface area (Å²) in [5.41, 5.74) is 0.561. The van der Waals surface area contributed by atoms with Crippen molar-refractivity contribution in [3.8, 4) is 0 Å². The molecule has 7 nitrogen and oxygen atoms in total. The summed E-state index contributed by atoms with van der Waals surface area (Å²) in [6.07, 6.45) is 1.51. The second-order valence-electron chi connectivity index (χ2n) is 4.21. The molecule has 1 amide bonds. The van der Waals surface area contributed by atoms with E-state index in [4.69, 9.17) is 0 Å². The van der Waals surface area contributed by atoms with Crippen LogP contribution in [0.3, 0.4) is 0 Å². The molecule has 2 N–H and O–H groups in total. The first-order valence-corrected chi connectivity index (χ1v) is 5.54. The lowest BCUT2D eigenvalue weighted by molar-refractivity contribution is -0.384. The van der Waals surface area contributed by atoms with Crippen LogP contribution >= 0.6 is 0 Å². The molecule has 7 heteroatoms. The first-order valence-electron chi connectivity index (χ1n) is 5.54. The van der Waals surface area contributed by atoms with Crippen LogP contribution in [0.5, 0.6) is 0 Å². The van der Waals surface area contributed by atoms with Gasteiger partial charge in [-0.25, -0.2) is 4.98 Å². The van der Waals surface area contributed by atoms with Crippen molar-refractivity contribution in [3.05, 3.63) is 27.9 Å². The van der Waals surface area contributed by atoms with Crippen molar-refractivity contribution in [2.24, 2.45) is 0 Å². The summed E-state index contributed by atoms with van der Waals surface area (Å²) < 4.78 is 0. The first kappa shape index (κ1) is 13.9. The number of amides is 1. The number of aryl methyl sites for hydroxylation is 1. The monoisotopic (exact) mass is 252 g/mol. The number of rotatable bonds is 5. The van der Waals surface area contributed by atoms with Gasteiger partial charge < -0.3 is 10.6 Å². The van der Waals surface area contributed by atoms with Gasteiger partial charge in [0.15, 0.2) is 0 Å². The smallest absolute Gasteiger partial charge is 0.311 e. The molecule has 0 fully saturated rings. The summed E-state index contributed by atoms with van der Waals surface area (Å²) in [5.74, 6) is -0.133. The molecule has 0 bridgehead atoms. The normalized spacial score (nSPS) is 10.2. The molecule has 0 atom stereocenters. The Bertz CT molecular complexity index is 460. The van der Waals surface area contributed by atoms with Crippen LogP contribution < -0.4 is 10.6 Å². The molecule has 98 valence electrons. The Kier molecular flexibility index (Phi) is 4.59. The number of nitrogens with one attached hydrogen (secondary N) is 2. The Hall–Kier alpha value is -2.18. The minimum Gasteiger partial charge on any atom is -0.355 e. The quantitative estimate of drug-likeness (QED) is 0.607. The van der Waals surface area contributed by atoms with Gasteiger partial charge in [0.1, 0.15) is 0 Å². The number of hydrogen-bond donors (Lipinski definition) is 2. The molecule has 0 unspecified atom stereocenters. The molecule has 0 aliphatic carbocycles. The van der Waals surface area contributed by atoms with E-state index in [0.717, 1.165) is 0 Å². The van der Waals surface area contributed by atoms with Crippen molar-refractivity contribution in [1.29, 1.82) is 0 Å². The third kappa shape index (κ3) is 4.00. The maximum Gasteiger partial charge on any atom is 0.311 e. The number of anilines is 1. The summed E-state index contributed by atoms with van der Waals surface area (Å²) >= 11 is 0. The van der Waals surface area contributed by atoms with Crippen molar-refractivity contribution >= 4 is 17.4 Å². The largest absolute Gasteiger partial charge is 0.355 e. The number of nitro groups is 1. The highest BCUT2D eigenvalue weighted by Crippen LogP contribution is 2.21. The standard InChI is InChI=1S/C11H16N4O3/c1-7(2)14-10(16)6-13-11-9(15(17)18)4-8(3)5-12-11/h4-5,7H,6H2,1-3H3,(H,12,13)(H,14,16). The van der Waals surface area contributed by atoms with E-state index >= 15 is 0 Å². The fourth-order valence-electron chi connectivity index (χ4n) is 1.37. The maximum absolute atomic E-state index is 11.4. The van der Waals surface area contributed by atoms with Crippen molar-refractivity contribution in [1.82, 2.24) is 10.3 Å². The average Bonchev–Trinajstić information content (AvgIpc) is 2.26. The average molecular weight is 252 g/mol. The maximum atomic E-state index is 11.4. The van der Waals surface area contributed by atoms with Gasteiger partial charge in [-0.2, -0.15) is 0 Å². The van der Waals surface area contributed by atoms with Gasteiger partial charge in [-0.15, -0.1) is 0 Å². The molecule has 0 spiro atoms. The van der Waals surface area contributed by atoms with Gasteiger partial charge in [0, 0.05) is 18.3 Å². The highest BCUT2D eigenvalue weighted by atomic mass is 16.6. The van der Waals surface area contributed by atoms with Gasteiger partial charge in [-0.1, -0.05) is 0 Å². The van der Waals surface area contributed by atoms with Crippen LogP contribution in [0.25, 0.3) is 0 Å². The molecule has 1 heterocycles. The minimum absolute atomic E-state index is 0.0280. The van der Waals surface area contributed by atoms with Gasteiger partial charge in [-0.05, 0) is 26.3 Å². The van der Waals surface area contributed by atoms with Crippen molar-refractivity contribution < 1.29 is 9.72 Å². The van der Waals surface area contributed by atoms with E-state index in [9.17, 15) is 14.9 Å².